The lowest BCUT2D eigenvalue weighted by molar-refractivity contribution is -0.179. The van der Waals surface area contributed by atoms with Crippen LogP contribution in [0.4, 0.5) is 0 Å². The van der Waals surface area contributed by atoms with Crippen LogP contribution in [0.2, 0.25) is 0 Å². The molecule has 22 heavy (non-hydrogen) atoms. The molecule has 0 radical (unpaired) electrons. The van der Waals surface area contributed by atoms with Gasteiger partial charge in [0.25, 0.3) is 0 Å². The van der Waals surface area contributed by atoms with Gasteiger partial charge < -0.3 is 19.3 Å². The second kappa shape index (κ2) is 5.87. The Morgan fingerprint density at radius 2 is 1.14 bits per heavy atom. The smallest absolute Gasteiger partial charge is 0.339 e. The minimum Gasteiger partial charge on any atom is -0.462 e. The van der Waals surface area contributed by atoms with Crippen LogP contribution in [0, 0.1) is 0 Å². The Bertz CT molecular complexity index is 446. The van der Waals surface area contributed by atoms with E-state index in [2.05, 4.69) is 0 Å². The topological polar surface area (TPSA) is 99.1 Å². The zero-order valence-corrected chi connectivity index (χ0v) is 12.3. The summed E-state index contributed by atoms with van der Waals surface area (Å²) in [5.41, 5.74) is -2.21. The second-order valence-electron chi connectivity index (χ2n) is 6.37. The summed E-state index contributed by atoms with van der Waals surface area (Å²) in [6, 6.07) is 0. The number of hydrogen-bond donors (Lipinski definition) is 1. The van der Waals surface area contributed by atoms with Crippen molar-refractivity contribution in [3.8, 4) is 0 Å². The Labute approximate surface area is 127 Å². The molecule has 0 heterocycles. The molecular weight excluding hydrogens is 292 g/mol. The number of aliphatic hydroxyl groups is 1. The number of rotatable bonds is 8. The molecule has 0 atom stereocenters. The molecule has 0 aromatic carbocycles. The van der Waals surface area contributed by atoms with Gasteiger partial charge in [-0.05, 0) is 38.5 Å². The van der Waals surface area contributed by atoms with Crippen molar-refractivity contribution in [2.75, 3.05) is 0 Å². The molecule has 0 saturated heterocycles. The Balaban J connectivity index is 1.59. The Morgan fingerprint density at radius 1 is 0.773 bits per heavy atom. The molecule has 0 aliphatic heterocycles. The van der Waals surface area contributed by atoms with Crippen LogP contribution >= 0.6 is 0 Å². The lowest BCUT2D eigenvalue weighted by Crippen LogP contribution is -2.45. The second-order valence-corrected chi connectivity index (χ2v) is 6.37. The van der Waals surface area contributed by atoms with Crippen LogP contribution in [0.15, 0.2) is 0 Å². The summed E-state index contributed by atoms with van der Waals surface area (Å²) in [5.74, 6) is -2.34. The van der Waals surface area contributed by atoms with Crippen LogP contribution in [-0.2, 0) is 28.6 Å². The first-order chi connectivity index (χ1) is 10.4. The zero-order valence-electron chi connectivity index (χ0n) is 12.3. The first-order valence-electron chi connectivity index (χ1n) is 7.77. The largest absolute Gasteiger partial charge is 0.462 e. The van der Waals surface area contributed by atoms with Crippen molar-refractivity contribution in [1.29, 1.82) is 0 Å². The molecule has 0 bridgehead atoms. The quantitative estimate of drug-likeness (QED) is 0.518. The summed E-state index contributed by atoms with van der Waals surface area (Å²) in [6.07, 6.45) is 2.98. The Hall–Kier alpha value is -1.63. The van der Waals surface area contributed by atoms with Gasteiger partial charge >= 0.3 is 17.9 Å². The highest BCUT2D eigenvalue weighted by atomic mass is 16.6. The predicted molar refractivity (Wildman–Crippen MR) is 71.5 cm³/mol. The standard InChI is InChI=1S/C15H20O7/c16-12(20-9-1-2-9)7-15(19,14(18)22-11-5-6-11)8-13(17)21-10-3-4-10/h9-11,19H,1-8H2. The maximum absolute atomic E-state index is 12.1. The summed E-state index contributed by atoms with van der Waals surface area (Å²) >= 11 is 0. The molecule has 3 aliphatic carbocycles. The molecule has 7 nitrogen and oxygen atoms in total. The third kappa shape index (κ3) is 4.43. The Kier molecular flexibility index (Phi) is 4.08. The molecule has 0 unspecified atom stereocenters. The lowest BCUT2D eigenvalue weighted by Gasteiger charge is -2.24. The molecule has 1 N–H and O–H groups in total. The minimum atomic E-state index is -2.21. The van der Waals surface area contributed by atoms with Crippen LogP contribution in [0.5, 0.6) is 0 Å². The van der Waals surface area contributed by atoms with Gasteiger partial charge in [-0.3, -0.25) is 9.59 Å². The molecule has 3 aliphatic rings. The fraction of sp³-hybridized carbons (Fsp3) is 0.800. The fourth-order valence-corrected chi connectivity index (χ4v) is 1.96. The van der Waals surface area contributed by atoms with E-state index in [9.17, 15) is 19.5 Å². The van der Waals surface area contributed by atoms with E-state index in [0.29, 0.717) is 0 Å². The molecule has 122 valence electrons. The predicted octanol–water partition coefficient (Wildman–Crippen LogP) is 0.614. The molecule has 3 rings (SSSR count). The average Bonchev–Trinajstić information content (AvgIpc) is 3.22. The van der Waals surface area contributed by atoms with Crippen molar-refractivity contribution in [2.45, 2.75) is 75.3 Å². The summed E-state index contributed by atoms with van der Waals surface area (Å²) < 4.78 is 15.2. The monoisotopic (exact) mass is 312 g/mol. The molecule has 0 aromatic heterocycles. The lowest BCUT2D eigenvalue weighted by atomic mass is 9.95. The first kappa shape index (κ1) is 15.3. The van der Waals surface area contributed by atoms with Crippen LogP contribution < -0.4 is 0 Å². The van der Waals surface area contributed by atoms with Crippen LogP contribution in [-0.4, -0.2) is 46.9 Å². The first-order valence-corrected chi connectivity index (χ1v) is 7.77. The van der Waals surface area contributed by atoms with Gasteiger partial charge in [0.1, 0.15) is 18.3 Å². The van der Waals surface area contributed by atoms with Gasteiger partial charge in [0, 0.05) is 0 Å². The van der Waals surface area contributed by atoms with Gasteiger partial charge in [-0.1, -0.05) is 0 Å². The van der Waals surface area contributed by atoms with Crippen molar-refractivity contribution in [2.24, 2.45) is 0 Å². The molecular formula is C15H20O7. The van der Waals surface area contributed by atoms with Crippen LogP contribution in [0.3, 0.4) is 0 Å². The van der Waals surface area contributed by atoms with Gasteiger partial charge in [-0.2, -0.15) is 0 Å². The van der Waals surface area contributed by atoms with Crippen LogP contribution in [0.25, 0.3) is 0 Å². The molecule has 7 heteroatoms. The van der Waals surface area contributed by atoms with Crippen molar-refractivity contribution in [3.05, 3.63) is 0 Å². The van der Waals surface area contributed by atoms with Crippen molar-refractivity contribution in [3.63, 3.8) is 0 Å². The van der Waals surface area contributed by atoms with Crippen LogP contribution in [0.1, 0.15) is 51.4 Å². The SMILES string of the molecule is O=C(CC(O)(CC(=O)OC1CC1)C(=O)OC1CC1)OC1CC1. The molecule has 3 fully saturated rings. The van der Waals surface area contributed by atoms with Crippen molar-refractivity contribution < 1.29 is 33.7 Å². The highest BCUT2D eigenvalue weighted by Crippen LogP contribution is 2.31. The zero-order chi connectivity index (χ0) is 15.7. The summed E-state index contributed by atoms with van der Waals surface area (Å²) in [7, 11) is 0. The number of carbonyl (C=O) groups is 3. The van der Waals surface area contributed by atoms with E-state index in [-0.39, 0.29) is 18.3 Å². The Morgan fingerprint density at radius 3 is 1.50 bits per heavy atom. The van der Waals surface area contributed by atoms with E-state index < -0.39 is 36.4 Å². The van der Waals surface area contributed by atoms with E-state index in [1.54, 1.807) is 0 Å². The molecule has 0 aromatic rings. The third-order valence-electron chi connectivity index (χ3n) is 3.70. The molecule has 3 saturated carbocycles. The van der Waals surface area contributed by atoms with Crippen molar-refractivity contribution in [1.82, 2.24) is 0 Å². The van der Waals surface area contributed by atoms with E-state index >= 15 is 0 Å². The maximum atomic E-state index is 12.1. The minimum absolute atomic E-state index is 0.130. The fourth-order valence-electron chi connectivity index (χ4n) is 1.96. The number of esters is 3. The number of hydrogen-bond acceptors (Lipinski definition) is 7. The summed E-state index contributed by atoms with van der Waals surface area (Å²) in [4.78, 5) is 35.7. The van der Waals surface area contributed by atoms with Gasteiger partial charge in [-0.15, -0.1) is 0 Å². The molecule has 0 spiro atoms. The van der Waals surface area contributed by atoms with Gasteiger partial charge in [0.2, 0.25) is 0 Å². The van der Waals surface area contributed by atoms with E-state index in [0.717, 1.165) is 38.5 Å². The normalized spacial score (nSPS) is 21.1. The van der Waals surface area contributed by atoms with Gasteiger partial charge in [0.15, 0.2) is 5.60 Å². The molecule has 0 amide bonds. The number of ether oxygens (including phenoxy) is 3. The van der Waals surface area contributed by atoms with Gasteiger partial charge in [-0.25, -0.2) is 4.79 Å². The van der Waals surface area contributed by atoms with E-state index in [4.69, 9.17) is 14.2 Å². The third-order valence-corrected chi connectivity index (χ3v) is 3.70. The number of carbonyl (C=O) groups excluding carboxylic acids is 3. The van der Waals surface area contributed by atoms with Crippen molar-refractivity contribution >= 4 is 17.9 Å². The highest BCUT2D eigenvalue weighted by Gasteiger charge is 2.46. The van der Waals surface area contributed by atoms with E-state index in [1.165, 1.54) is 0 Å². The highest BCUT2D eigenvalue weighted by molar-refractivity contribution is 5.90. The average molecular weight is 312 g/mol. The maximum Gasteiger partial charge on any atom is 0.339 e. The van der Waals surface area contributed by atoms with Gasteiger partial charge in [0.05, 0.1) is 12.8 Å². The van der Waals surface area contributed by atoms with E-state index in [1.807, 2.05) is 0 Å². The summed E-state index contributed by atoms with van der Waals surface area (Å²) in [6.45, 7) is 0. The summed E-state index contributed by atoms with van der Waals surface area (Å²) in [5, 5.41) is 10.5.